The zero-order valence-electron chi connectivity index (χ0n) is 22.9. The van der Waals surface area contributed by atoms with E-state index >= 15 is 0 Å². The lowest BCUT2D eigenvalue weighted by atomic mass is 10.1. The molecule has 0 heterocycles. The van der Waals surface area contributed by atoms with Crippen molar-refractivity contribution in [2.75, 3.05) is 17.4 Å². The minimum absolute atomic E-state index is 0.0580. The Labute approximate surface area is 236 Å². The molecule has 3 aromatic carbocycles. The molecule has 1 unspecified atom stereocenters. The summed E-state index contributed by atoms with van der Waals surface area (Å²) >= 11 is 6.28. The number of halogens is 1. The first-order valence-corrected chi connectivity index (χ1v) is 14.9. The molecule has 0 aliphatic rings. The van der Waals surface area contributed by atoms with Crippen molar-refractivity contribution in [3.8, 4) is 0 Å². The van der Waals surface area contributed by atoms with E-state index in [0.29, 0.717) is 29.2 Å². The Hall–Kier alpha value is -3.36. The highest BCUT2D eigenvalue weighted by Gasteiger charge is 2.34. The molecule has 39 heavy (non-hydrogen) atoms. The summed E-state index contributed by atoms with van der Waals surface area (Å²) in [6, 6.07) is 20.0. The van der Waals surface area contributed by atoms with E-state index in [9.17, 15) is 18.0 Å². The number of nitrogens with zero attached hydrogens (tertiary/aromatic N) is 2. The number of anilines is 1. The average Bonchev–Trinajstić information content (AvgIpc) is 2.92. The molecule has 3 aromatic rings. The van der Waals surface area contributed by atoms with Crippen LogP contribution >= 0.6 is 11.6 Å². The Kier molecular flexibility index (Phi) is 10.5. The molecule has 1 N–H and O–H groups in total. The lowest BCUT2D eigenvalue weighted by molar-refractivity contribution is -0.140. The van der Waals surface area contributed by atoms with Crippen LogP contribution in [0.25, 0.3) is 0 Å². The van der Waals surface area contributed by atoms with Crippen LogP contribution in [0.4, 0.5) is 5.69 Å². The van der Waals surface area contributed by atoms with Gasteiger partial charge < -0.3 is 10.2 Å². The van der Waals surface area contributed by atoms with Gasteiger partial charge in [0.1, 0.15) is 12.6 Å². The van der Waals surface area contributed by atoms with Crippen molar-refractivity contribution in [1.82, 2.24) is 10.2 Å². The molecule has 2 amide bonds. The van der Waals surface area contributed by atoms with Crippen LogP contribution in [-0.4, -0.2) is 44.3 Å². The number of benzene rings is 3. The highest BCUT2D eigenvalue weighted by Crippen LogP contribution is 2.30. The van der Waals surface area contributed by atoms with E-state index in [0.717, 1.165) is 21.9 Å². The maximum absolute atomic E-state index is 14.0. The number of amides is 2. The number of hydrogen-bond donors (Lipinski definition) is 1. The summed E-state index contributed by atoms with van der Waals surface area (Å²) in [5.74, 6) is -0.761. The van der Waals surface area contributed by atoms with Crippen molar-refractivity contribution in [2.45, 2.75) is 58.0 Å². The van der Waals surface area contributed by atoms with E-state index in [2.05, 4.69) is 5.32 Å². The topological polar surface area (TPSA) is 86.8 Å². The summed E-state index contributed by atoms with van der Waals surface area (Å²) in [5, 5.41) is 3.23. The van der Waals surface area contributed by atoms with Gasteiger partial charge >= 0.3 is 0 Å². The number of carbonyl (C=O) groups is 2. The van der Waals surface area contributed by atoms with Crippen molar-refractivity contribution in [3.63, 3.8) is 0 Å². The molecular formula is C30H36ClN3O4S. The van der Waals surface area contributed by atoms with E-state index in [1.54, 1.807) is 37.3 Å². The summed E-state index contributed by atoms with van der Waals surface area (Å²) in [7, 11) is -4.15. The monoisotopic (exact) mass is 569 g/mol. The summed E-state index contributed by atoms with van der Waals surface area (Å²) in [4.78, 5) is 28.7. The predicted molar refractivity (Wildman–Crippen MR) is 156 cm³/mol. The van der Waals surface area contributed by atoms with E-state index in [1.165, 1.54) is 17.0 Å². The third kappa shape index (κ3) is 7.61. The van der Waals surface area contributed by atoms with Crippen LogP contribution in [0.1, 0.15) is 43.4 Å². The summed E-state index contributed by atoms with van der Waals surface area (Å²) in [6.07, 6.45) is 1.13. The molecule has 1 atom stereocenters. The highest BCUT2D eigenvalue weighted by molar-refractivity contribution is 7.92. The molecule has 208 valence electrons. The normalized spacial score (nSPS) is 12.0. The maximum Gasteiger partial charge on any atom is 0.264 e. The molecular weight excluding hydrogens is 534 g/mol. The standard InChI is InChI=1S/C30H36ClN3O4S/c1-5-18-32-30(36)27(6-2)33(20-24-10-8-7-9-11-24)29(35)21-34(28-19-25(31)15-14-23(28)4)39(37,38)26-16-12-22(3)13-17-26/h7-17,19,27H,5-6,18,20-21H2,1-4H3,(H,32,36). The fourth-order valence-corrected chi connectivity index (χ4v) is 5.90. The second-order valence-electron chi connectivity index (χ2n) is 9.48. The molecule has 0 saturated heterocycles. The molecule has 0 saturated carbocycles. The second-order valence-corrected chi connectivity index (χ2v) is 11.8. The zero-order chi connectivity index (χ0) is 28.6. The van der Waals surface area contributed by atoms with Gasteiger partial charge in [-0.1, -0.05) is 79.5 Å². The number of nitrogens with one attached hydrogen (secondary N) is 1. The molecule has 0 aromatic heterocycles. The van der Waals surface area contributed by atoms with Crippen LogP contribution < -0.4 is 9.62 Å². The van der Waals surface area contributed by atoms with Gasteiger partial charge in [0.15, 0.2) is 0 Å². The van der Waals surface area contributed by atoms with Gasteiger partial charge in [-0.15, -0.1) is 0 Å². The third-order valence-corrected chi connectivity index (χ3v) is 8.47. The van der Waals surface area contributed by atoms with Crippen molar-refractivity contribution >= 4 is 39.1 Å². The van der Waals surface area contributed by atoms with Gasteiger partial charge in [-0.2, -0.15) is 0 Å². The summed E-state index contributed by atoms with van der Waals surface area (Å²) < 4.78 is 29.0. The number of sulfonamides is 1. The zero-order valence-corrected chi connectivity index (χ0v) is 24.4. The molecule has 7 nitrogen and oxygen atoms in total. The lowest BCUT2D eigenvalue weighted by Gasteiger charge is -2.33. The van der Waals surface area contributed by atoms with Crippen molar-refractivity contribution in [1.29, 1.82) is 0 Å². The fourth-order valence-electron chi connectivity index (χ4n) is 4.27. The van der Waals surface area contributed by atoms with Crippen LogP contribution in [0.15, 0.2) is 77.7 Å². The molecule has 0 bridgehead atoms. The van der Waals surface area contributed by atoms with Gasteiger partial charge in [-0.25, -0.2) is 8.42 Å². The average molecular weight is 570 g/mol. The van der Waals surface area contributed by atoms with Crippen LogP contribution in [-0.2, 0) is 26.2 Å². The van der Waals surface area contributed by atoms with Gasteiger partial charge in [-0.05, 0) is 62.1 Å². The molecule has 0 aliphatic heterocycles. The molecule has 3 rings (SSSR count). The van der Waals surface area contributed by atoms with E-state index in [-0.39, 0.29) is 17.3 Å². The van der Waals surface area contributed by atoms with Crippen molar-refractivity contribution in [3.05, 3.63) is 94.5 Å². The smallest absolute Gasteiger partial charge is 0.264 e. The first-order valence-electron chi connectivity index (χ1n) is 13.0. The van der Waals surface area contributed by atoms with Crippen LogP contribution in [0.3, 0.4) is 0 Å². The van der Waals surface area contributed by atoms with Crippen LogP contribution in [0.5, 0.6) is 0 Å². The number of hydrogen-bond acceptors (Lipinski definition) is 4. The predicted octanol–water partition coefficient (Wildman–Crippen LogP) is 5.49. The minimum Gasteiger partial charge on any atom is -0.354 e. The summed E-state index contributed by atoms with van der Waals surface area (Å²) in [5.41, 5.74) is 2.69. The molecule has 9 heteroatoms. The van der Waals surface area contributed by atoms with Gasteiger partial charge in [0, 0.05) is 18.1 Å². The Morgan fingerprint density at radius 2 is 1.62 bits per heavy atom. The van der Waals surface area contributed by atoms with Gasteiger partial charge in [0.25, 0.3) is 10.0 Å². The number of carbonyl (C=O) groups excluding carboxylic acids is 2. The molecule has 0 fully saturated rings. The van der Waals surface area contributed by atoms with Crippen molar-refractivity contribution in [2.24, 2.45) is 0 Å². The quantitative estimate of drug-likeness (QED) is 0.313. The maximum atomic E-state index is 14.0. The highest BCUT2D eigenvalue weighted by atomic mass is 35.5. The first kappa shape index (κ1) is 30.2. The minimum atomic E-state index is -4.15. The number of aryl methyl sites for hydroxylation is 2. The van der Waals surface area contributed by atoms with Crippen LogP contribution in [0, 0.1) is 13.8 Å². The summed E-state index contributed by atoms with van der Waals surface area (Å²) in [6.45, 7) is 7.57. The SMILES string of the molecule is CCCNC(=O)C(CC)N(Cc1ccccc1)C(=O)CN(c1cc(Cl)ccc1C)S(=O)(=O)c1ccc(C)cc1. The molecule has 0 spiro atoms. The third-order valence-electron chi connectivity index (χ3n) is 6.46. The largest absolute Gasteiger partial charge is 0.354 e. The van der Waals surface area contributed by atoms with Gasteiger partial charge in [0.2, 0.25) is 11.8 Å². The first-order chi connectivity index (χ1) is 18.6. The Bertz CT molecular complexity index is 1380. The van der Waals surface area contributed by atoms with Crippen LogP contribution in [0.2, 0.25) is 5.02 Å². The van der Waals surface area contributed by atoms with E-state index < -0.39 is 28.5 Å². The number of rotatable bonds is 12. The Balaban J connectivity index is 2.08. The Morgan fingerprint density at radius 1 is 0.949 bits per heavy atom. The van der Waals surface area contributed by atoms with Crippen molar-refractivity contribution < 1.29 is 18.0 Å². The lowest BCUT2D eigenvalue weighted by Crippen LogP contribution is -2.52. The molecule has 0 aliphatic carbocycles. The molecule has 0 radical (unpaired) electrons. The van der Waals surface area contributed by atoms with E-state index in [4.69, 9.17) is 11.6 Å². The fraction of sp³-hybridized carbons (Fsp3) is 0.333. The van der Waals surface area contributed by atoms with Gasteiger partial charge in [-0.3, -0.25) is 13.9 Å². The Morgan fingerprint density at radius 3 is 2.23 bits per heavy atom. The van der Waals surface area contributed by atoms with Gasteiger partial charge in [0.05, 0.1) is 10.6 Å². The van der Waals surface area contributed by atoms with E-state index in [1.807, 2.05) is 51.1 Å². The second kappa shape index (κ2) is 13.6.